The van der Waals surface area contributed by atoms with Gasteiger partial charge in [0.1, 0.15) is 32.7 Å². The number of halogens is 1. The number of H-pyrrole nitrogens is 1. The summed E-state index contributed by atoms with van der Waals surface area (Å²) >= 11 is 6.35. The van der Waals surface area contributed by atoms with Crippen LogP contribution in [0.15, 0.2) is 24.4 Å². The van der Waals surface area contributed by atoms with E-state index in [9.17, 15) is 5.11 Å². The maximum Gasteiger partial charge on any atom is 0.255 e. The Labute approximate surface area is 129 Å². The molecule has 2 heterocycles. The average Bonchev–Trinajstić information content (AvgIpc) is 2.53. The number of fused-ring (bicyclic) bond motifs is 1. The van der Waals surface area contributed by atoms with Crippen molar-refractivity contribution in [3.63, 3.8) is 0 Å². The molecule has 0 saturated carbocycles. The zero-order chi connectivity index (χ0) is 14.8. The molecule has 0 spiro atoms. The fourth-order valence-corrected chi connectivity index (χ4v) is 3.47. The van der Waals surface area contributed by atoms with Crippen LogP contribution < -0.4 is 14.8 Å². The van der Waals surface area contributed by atoms with Gasteiger partial charge in [-0.05, 0) is 19.1 Å². The standard InChI is InChI=1S/C16H20ClN3O/c1-2-19-6-8-20(9-7-19)11-12-10-14(17)13-4-3-5-18-15(13)16(12)21/h3-5,10,21H,2,6-9,11H2,1H3/p+3. The summed E-state index contributed by atoms with van der Waals surface area (Å²) in [5.74, 6) is 0.341. The molecular formula is C16H23ClN3O+3. The highest BCUT2D eigenvalue weighted by Crippen LogP contribution is 2.30. The summed E-state index contributed by atoms with van der Waals surface area (Å²) in [6, 6.07) is 5.73. The molecule has 5 heteroatoms. The van der Waals surface area contributed by atoms with Crippen LogP contribution in [-0.4, -0.2) is 37.8 Å². The molecule has 21 heavy (non-hydrogen) atoms. The molecule has 0 bridgehead atoms. The van der Waals surface area contributed by atoms with Crippen LogP contribution in [0.3, 0.4) is 0 Å². The monoisotopic (exact) mass is 308 g/mol. The Morgan fingerprint density at radius 2 is 1.95 bits per heavy atom. The molecule has 0 atom stereocenters. The third kappa shape index (κ3) is 2.98. The molecule has 2 aromatic rings. The number of phenols is 1. The van der Waals surface area contributed by atoms with Crippen LogP contribution in [0.4, 0.5) is 0 Å². The molecule has 0 amide bonds. The number of hydrogen-bond acceptors (Lipinski definition) is 1. The van der Waals surface area contributed by atoms with E-state index in [4.69, 9.17) is 11.6 Å². The van der Waals surface area contributed by atoms with Gasteiger partial charge in [0.25, 0.3) is 5.52 Å². The third-order valence-corrected chi connectivity index (χ3v) is 4.87. The highest BCUT2D eigenvalue weighted by molar-refractivity contribution is 6.35. The van der Waals surface area contributed by atoms with Crippen LogP contribution in [0.2, 0.25) is 5.02 Å². The molecule has 0 radical (unpaired) electrons. The number of aromatic nitrogens is 1. The largest absolute Gasteiger partial charge is 0.502 e. The van der Waals surface area contributed by atoms with Crippen molar-refractivity contribution in [3.8, 4) is 5.75 Å². The molecule has 112 valence electrons. The molecule has 1 saturated heterocycles. The first-order valence-electron chi connectivity index (χ1n) is 7.67. The Kier molecular flexibility index (Phi) is 4.29. The second-order valence-electron chi connectivity index (χ2n) is 5.86. The highest BCUT2D eigenvalue weighted by Gasteiger charge is 2.24. The Morgan fingerprint density at radius 3 is 2.67 bits per heavy atom. The first-order valence-corrected chi connectivity index (χ1v) is 8.04. The van der Waals surface area contributed by atoms with E-state index < -0.39 is 0 Å². The second-order valence-corrected chi connectivity index (χ2v) is 6.26. The van der Waals surface area contributed by atoms with Crippen molar-refractivity contribution in [1.29, 1.82) is 0 Å². The van der Waals surface area contributed by atoms with Crippen molar-refractivity contribution in [1.82, 2.24) is 0 Å². The van der Waals surface area contributed by atoms with E-state index in [1.165, 1.54) is 24.5 Å². The number of likely N-dealkylation sites (N-methyl/N-ethyl adjacent to an activating group) is 1. The van der Waals surface area contributed by atoms with Gasteiger partial charge >= 0.3 is 0 Å². The molecule has 1 aromatic carbocycles. The van der Waals surface area contributed by atoms with Gasteiger partial charge in [0.15, 0.2) is 11.9 Å². The first-order chi connectivity index (χ1) is 10.2. The molecule has 1 aliphatic heterocycles. The lowest BCUT2D eigenvalue weighted by Crippen LogP contribution is -3.27. The molecule has 1 aromatic heterocycles. The van der Waals surface area contributed by atoms with Crippen molar-refractivity contribution in [2.75, 3.05) is 32.7 Å². The molecule has 3 rings (SSSR count). The van der Waals surface area contributed by atoms with Gasteiger partial charge in [0.05, 0.1) is 22.5 Å². The first kappa shape index (κ1) is 14.6. The number of benzene rings is 1. The highest BCUT2D eigenvalue weighted by atomic mass is 35.5. The maximum absolute atomic E-state index is 10.5. The van der Waals surface area contributed by atoms with Gasteiger partial charge in [0.2, 0.25) is 0 Å². The zero-order valence-corrected chi connectivity index (χ0v) is 13.1. The van der Waals surface area contributed by atoms with E-state index >= 15 is 0 Å². The fraction of sp³-hybridized carbons (Fsp3) is 0.438. The number of hydrogen-bond donors (Lipinski definition) is 3. The smallest absolute Gasteiger partial charge is 0.255 e. The maximum atomic E-state index is 10.5. The molecule has 0 unspecified atom stereocenters. The summed E-state index contributed by atoms with van der Waals surface area (Å²) in [6.45, 7) is 9.00. The quantitative estimate of drug-likeness (QED) is 0.691. The van der Waals surface area contributed by atoms with Gasteiger partial charge in [-0.3, -0.25) is 0 Å². The minimum Gasteiger partial charge on any atom is -0.502 e. The predicted molar refractivity (Wildman–Crippen MR) is 82.8 cm³/mol. The van der Waals surface area contributed by atoms with Gasteiger partial charge in [-0.1, -0.05) is 11.6 Å². The molecule has 4 nitrogen and oxygen atoms in total. The van der Waals surface area contributed by atoms with Crippen LogP contribution in [0.25, 0.3) is 10.9 Å². The lowest BCUT2D eigenvalue weighted by Gasteiger charge is -2.29. The van der Waals surface area contributed by atoms with Crippen LogP contribution >= 0.6 is 11.6 Å². The number of aromatic amines is 1. The number of rotatable bonds is 3. The Hall–Kier alpha value is -1.36. The number of pyridine rings is 1. The van der Waals surface area contributed by atoms with E-state index in [2.05, 4.69) is 11.9 Å². The van der Waals surface area contributed by atoms with Crippen LogP contribution in [-0.2, 0) is 6.54 Å². The molecule has 0 aliphatic carbocycles. The summed E-state index contributed by atoms with van der Waals surface area (Å²) in [5, 5.41) is 12.1. The molecule has 1 fully saturated rings. The van der Waals surface area contributed by atoms with E-state index in [0.29, 0.717) is 10.8 Å². The second kappa shape index (κ2) is 6.18. The van der Waals surface area contributed by atoms with Gasteiger partial charge in [-0.25, -0.2) is 4.98 Å². The lowest BCUT2D eigenvalue weighted by molar-refractivity contribution is -1.02. The van der Waals surface area contributed by atoms with Crippen LogP contribution in [0.1, 0.15) is 12.5 Å². The van der Waals surface area contributed by atoms with E-state index in [0.717, 1.165) is 36.1 Å². The molecule has 4 N–H and O–H groups in total. The Bertz CT molecular complexity index is 639. The van der Waals surface area contributed by atoms with Crippen LogP contribution in [0, 0.1) is 0 Å². The summed E-state index contributed by atoms with van der Waals surface area (Å²) in [6.07, 6.45) is 1.82. The van der Waals surface area contributed by atoms with Crippen molar-refractivity contribution in [2.24, 2.45) is 0 Å². The minimum absolute atomic E-state index is 0.341. The predicted octanol–water partition coefficient (Wildman–Crippen LogP) is -0.684. The van der Waals surface area contributed by atoms with E-state index in [-0.39, 0.29) is 0 Å². The Balaban J connectivity index is 1.83. The fourth-order valence-electron chi connectivity index (χ4n) is 3.18. The number of nitrogens with one attached hydrogen (secondary N) is 3. The van der Waals surface area contributed by atoms with Gasteiger partial charge < -0.3 is 14.9 Å². The number of aromatic hydroxyl groups is 1. The average molecular weight is 309 g/mol. The SMILES string of the molecule is CC[NH+]1CC[NH+](Cc2cc(Cl)c3ccc[nH+]c3c2O)CC1. The third-order valence-electron chi connectivity index (χ3n) is 4.56. The molecular weight excluding hydrogens is 286 g/mol. The van der Waals surface area contributed by atoms with Crippen LogP contribution in [0.5, 0.6) is 5.75 Å². The summed E-state index contributed by atoms with van der Waals surface area (Å²) in [7, 11) is 0. The van der Waals surface area contributed by atoms with Crippen molar-refractivity contribution in [2.45, 2.75) is 13.5 Å². The summed E-state index contributed by atoms with van der Waals surface area (Å²) in [4.78, 5) is 6.30. The zero-order valence-electron chi connectivity index (χ0n) is 12.4. The Morgan fingerprint density at radius 1 is 1.24 bits per heavy atom. The van der Waals surface area contributed by atoms with Gasteiger partial charge in [-0.2, -0.15) is 0 Å². The lowest BCUT2D eigenvalue weighted by atomic mass is 10.1. The number of quaternary nitrogens is 2. The van der Waals surface area contributed by atoms with E-state index in [1.807, 2.05) is 24.4 Å². The summed E-state index contributed by atoms with van der Waals surface area (Å²) < 4.78 is 0. The van der Waals surface area contributed by atoms with Gasteiger partial charge in [0, 0.05) is 6.07 Å². The molecule has 1 aliphatic rings. The van der Waals surface area contributed by atoms with Crippen molar-refractivity contribution >= 4 is 22.5 Å². The normalized spacial score (nSPS) is 22.6. The topological polar surface area (TPSA) is 43.2 Å². The van der Waals surface area contributed by atoms with Crippen molar-refractivity contribution < 1.29 is 19.9 Å². The summed E-state index contributed by atoms with van der Waals surface area (Å²) in [5.41, 5.74) is 1.67. The van der Waals surface area contributed by atoms with Crippen molar-refractivity contribution in [3.05, 3.63) is 35.0 Å². The number of phenolic OH excluding ortho intramolecular Hbond substituents is 1. The minimum atomic E-state index is 0.341. The van der Waals surface area contributed by atoms with E-state index in [1.54, 1.807) is 4.90 Å². The number of piperazine rings is 1. The van der Waals surface area contributed by atoms with Gasteiger partial charge in [-0.15, -0.1) is 0 Å².